The Morgan fingerprint density at radius 1 is 1.47 bits per heavy atom. The van der Waals surface area contributed by atoms with Crippen LogP contribution in [0.1, 0.15) is 12.5 Å². The van der Waals surface area contributed by atoms with Crippen LogP contribution in [0.15, 0.2) is 30.6 Å². The molecule has 0 fully saturated rings. The molecule has 1 aromatic heterocycles. The third-order valence-corrected chi connectivity index (χ3v) is 2.35. The first kappa shape index (κ1) is 11.6. The molecule has 0 spiro atoms. The Kier molecular flexibility index (Phi) is 3.39. The smallest absolute Gasteiger partial charge is 0.165 e. The summed E-state index contributed by atoms with van der Waals surface area (Å²) in [6.45, 7) is 2.45. The van der Waals surface area contributed by atoms with Crippen molar-refractivity contribution in [1.29, 1.82) is 0 Å². The van der Waals surface area contributed by atoms with E-state index in [1.54, 1.807) is 17.1 Å². The van der Waals surface area contributed by atoms with Crippen molar-refractivity contribution in [3.63, 3.8) is 0 Å². The summed E-state index contributed by atoms with van der Waals surface area (Å²) >= 11 is 0. The fraction of sp³-hybridized carbons (Fsp3) is 0.250. The van der Waals surface area contributed by atoms with Crippen LogP contribution in [0.4, 0.5) is 4.39 Å². The van der Waals surface area contributed by atoms with Crippen LogP contribution in [0.2, 0.25) is 0 Å². The number of aliphatic hydroxyl groups excluding tert-OH is 1. The summed E-state index contributed by atoms with van der Waals surface area (Å²) in [6, 6.07) is 4.03. The number of aliphatic hydroxyl groups is 1. The summed E-state index contributed by atoms with van der Waals surface area (Å²) in [7, 11) is 0. The molecule has 1 N–H and O–H groups in total. The summed E-state index contributed by atoms with van der Waals surface area (Å²) in [5.41, 5.74) is 0.411. The van der Waals surface area contributed by atoms with E-state index in [0.717, 1.165) is 6.54 Å². The fourth-order valence-electron chi connectivity index (χ4n) is 1.47. The highest BCUT2D eigenvalue weighted by molar-refractivity contribution is 5.36. The number of nitrogens with zero attached hydrogens (tertiary/aromatic N) is 2. The van der Waals surface area contributed by atoms with Gasteiger partial charge in [0.15, 0.2) is 5.75 Å². The summed E-state index contributed by atoms with van der Waals surface area (Å²) in [5, 5.41) is 13.2. The molecule has 0 unspecified atom stereocenters. The average molecular weight is 236 g/mol. The Labute approximate surface area is 98.3 Å². The molecule has 0 bridgehead atoms. The van der Waals surface area contributed by atoms with Crippen molar-refractivity contribution in [3.8, 4) is 11.5 Å². The standard InChI is InChI=1S/C12H13FN2O2/c1-2-15-7-11(6-14-15)17-12-4-3-10(13)5-9(12)8-16/h3-7,16H,2,8H2,1H3. The van der Waals surface area contributed by atoms with E-state index in [0.29, 0.717) is 17.1 Å². The second-order valence-corrected chi connectivity index (χ2v) is 3.54. The Bertz CT molecular complexity index is 511. The van der Waals surface area contributed by atoms with E-state index in [2.05, 4.69) is 5.10 Å². The van der Waals surface area contributed by atoms with Crippen molar-refractivity contribution in [2.75, 3.05) is 0 Å². The third kappa shape index (κ3) is 2.62. The van der Waals surface area contributed by atoms with Crippen LogP contribution in [-0.4, -0.2) is 14.9 Å². The van der Waals surface area contributed by atoms with Gasteiger partial charge in [-0.15, -0.1) is 0 Å². The van der Waals surface area contributed by atoms with Gasteiger partial charge in [0, 0.05) is 12.1 Å². The number of benzene rings is 1. The Morgan fingerprint density at radius 2 is 2.29 bits per heavy atom. The molecular formula is C12H13FN2O2. The van der Waals surface area contributed by atoms with Gasteiger partial charge in [0.05, 0.1) is 19.0 Å². The lowest BCUT2D eigenvalue weighted by molar-refractivity contribution is 0.275. The predicted molar refractivity (Wildman–Crippen MR) is 60.3 cm³/mol. The molecule has 2 aromatic rings. The highest BCUT2D eigenvalue weighted by Gasteiger charge is 2.07. The van der Waals surface area contributed by atoms with Crippen LogP contribution in [-0.2, 0) is 13.2 Å². The molecule has 17 heavy (non-hydrogen) atoms. The maximum atomic E-state index is 12.9. The minimum atomic E-state index is -0.398. The van der Waals surface area contributed by atoms with E-state index in [9.17, 15) is 4.39 Å². The van der Waals surface area contributed by atoms with Gasteiger partial charge in [-0.05, 0) is 25.1 Å². The lowest BCUT2D eigenvalue weighted by Crippen LogP contribution is -1.93. The Hall–Kier alpha value is -1.88. The summed E-state index contributed by atoms with van der Waals surface area (Å²) < 4.78 is 20.2. The lowest BCUT2D eigenvalue weighted by atomic mass is 10.2. The molecule has 5 heteroatoms. The normalized spacial score (nSPS) is 10.5. The minimum absolute atomic E-state index is 0.269. The van der Waals surface area contributed by atoms with E-state index in [1.165, 1.54) is 18.2 Å². The van der Waals surface area contributed by atoms with E-state index < -0.39 is 5.82 Å². The van der Waals surface area contributed by atoms with Gasteiger partial charge in [-0.25, -0.2) is 4.39 Å². The van der Waals surface area contributed by atoms with Crippen molar-refractivity contribution < 1.29 is 14.2 Å². The lowest BCUT2D eigenvalue weighted by Gasteiger charge is -2.07. The van der Waals surface area contributed by atoms with Crippen molar-refractivity contribution in [2.45, 2.75) is 20.1 Å². The van der Waals surface area contributed by atoms with E-state index in [-0.39, 0.29) is 6.61 Å². The zero-order chi connectivity index (χ0) is 12.3. The maximum Gasteiger partial charge on any atom is 0.165 e. The maximum absolute atomic E-state index is 12.9. The zero-order valence-electron chi connectivity index (χ0n) is 9.43. The molecular weight excluding hydrogens is 223 g/mol. The highest BCUT2D eigenvalue weighted by Crippen LogP contribution is 2.25. The number of aromatic nitrogens is 2. The van der Waals surface area contributed by atoms with Gasteiger partial charge in [0.25, 0.3) is 0 Å². The van der Waals surface area contributed by atoms with Crippen LogP contribution >= 0.6 is 0 Å². The predicted octanol–water partition coefficient (Wildman–Crippen LogP) is 2.33. The van der Waals surface area contributed by atoms with Gasteiger partial charge < -0.3 is 9.84 Å². The van der Waals surface area contributed by atoms with Gasteiger partial charge in [-0.1, -0.05) is 0 Å². The first-order chi connectivity index (χ1) is 8.22. The number of rotatable bonds is 4. The number of aryl methyl sites for hydroxylation is 1. The molecule has 4 nitrogen and oxygen atoms in total. The molecule has 0 amide bonds. The van der Waals surface area contributed by atoms with E-state index >= 15 is 0 Å². The SMILES string of the molecule is CCn1cc(Oc2ccc(F)cc2CO)cn1. The monoisotopic (exact) mass is 236 g/mol. The van der Waals surface area contributed by atoms with Gasteiger partial charge >= 0.3 is 0 Å². The summed E-state index contributed by atoms with van der Waals surface area (Å²) in [4.78, 5) is 0. The van der Waals surface area contributed by atoms with Crippen LogP contribution in [0.25, 0.3) is 0 Å². The molecule has 0 aliphatic carbocycles. The molecule has 0 atom stereocenters. The minimum Gasteiger partial charge on any atom is -0.454 e. The van der Waals surface area contributed by atoms with Crippen LogP contribution in [0, 0.1) is 5.82 Å². The molecule has 1 aromatic carbocycles. The molecule has 0 saturated carbocycles. The molecule has 1 heterocycles. The van der Waals surface area contributed by atoms with E-state index in [1.807, 2.05) is 6.92 Å². The second-order valence-electron chi connectivity index (χ2n) is 3.54. The quantitative estimate of drug-likeness (QED) is 0.886. The second kappa shape index (κ2) is 4.97. The average Bonchev–Trinajstić information content (AvgIpc) is 2.79. The van der Waals surface area contributed by atoms with Crippen molar-refractivity contribution >= 4 is 0 Å². The Morgan fingerprint density at radius 3 is 2.94 bits per heavy atom. The first-order valence-corrected chi connectivity index (χ1v) is 5.32. The van der Waals surface area contributed by atoms with Gasteiger partial charge in [0.2, 0.25) is 0 Å². The molecule has 0 radical (unpaired) electrons. The number of hydrogen-bond acceptors (Lipinski definition) is 3. The summed E-state index contributed by atoms with van der Waals surface area (Å²) in [6.07, 6.45) is 3.32. The largest absolute Gasteiger partial charge is 0.454 e. The third-order valence-electron chi connectivity index (χ3n) is 2.35. The zero-order valence-corrected chi connectivity index (χ0v) is 9.43. The van der Waals surface area contributed by atoms with Gasteiger partial charge in [-0.3, -0.25) is 4.68 Å². The Balaban J connectivity index is 2.23. The molecule has 2 rings (SSSR count). The number of ether oxygens (including phenoxy) is 1. The first-order valence-electron chi connectivity index (χ1n) is 5.32. The van der Waals surface area contributed by atoms with Crippen molar-refractivity contribution in [1.82, 2.24) is 9.78 Å². The topological polar surface area (TPSA) is 47.3 Å². The van der Waals surface area contributed by atoms with Gasteiger partial charge in [-0.2, -0.15) is 5.10 Å². The van der Waals surface area contributed by atoms with E-state index in [4.69, 9.17) is 9.84 Å². The molecule has 0 aliphatic heterocycles. The van der Waals surface area contributed by atoms with Crippen LogP contribution < -0.4 is 4.74 Å². The van der Waals surface area contributed by atoms with Crippen LogP contribution in [0.5, 0.6) is 11.5 Å². The summed E-state index contributed by atoms with van der Waals surface area (Å²) in [5.74, 6) is 0.600. The highest BCUT2D eigenvalue weighted by atomic mass is 19.1. The molecule has 90 valence electrons. The number of halogens is 1. The number of hydrogen-bond donors (Lipinski definition) is 1. The molecule has 0 aliphatic rings. The van der Waals surface area contributed by atoms with Crippen molar-refractivity contribution in [2.24, 2.45) is 0 Å². The van der Waals surface area contributed by atoms with Crippen LogP contribution in [0.3, 0.4) is 0 Å². The van der Waals surface area contributed by atoms with Gasteiger partial charge in [0.1, 0.15) is 11.6 Å². The van der Waals surface area contributed by atoms with Crippen molar-refractivity contribution in [3.05, 3.63) is 42.0 Å². The molecule has 0 saturated heterocycles. The fourth-order valence-corrected chi connectivity index (χ4v) is 1.47.